The van der Waals surface area contributed by atoms with Crippen molar-refractivity contribution in [2.24, 2.45) is 0 Å². The van der Waals surface area contributed by atoms with Crippen LogP contribution in [0, 0.1) is 6.92 Å². The first-order valence-electron chi connectivity index (χ1n) is 6.95. The number of rotatable bonds is 3. The third-order valence-electron chi connectivity index (χ3n) is 3.56. The summed E-state index contributed by atoms with van der Waals surface area (Å²) in [6.07, 6.45) is 0. The number of carboxylic acids is 1. The second kappa shape index (κ2) is 5.61. The topological polar surface area (TPSA) is 76.7 Å². The summed E-state index contributed by atoms with van der Waals surface area (Å²) in [6.45, 7) is 1.90. The van der Waals surface area contributed by atoms with Gasteiger partial charge in [-0.05, 0) is 37.3 Å². The van der Waals surface area contributed by atoms with E-state index in [9.17, 15) is 14.7 Å². The Morgan fingerprint density at radius 1 is 1.13 bits per heavy atom. The van der Waals surface area contributed by atoms with Crippen molar-refractivity contribution in [3.63, 3.8) is 0 Å². The lowest BCUT2D eigenvalue weighted by atomic mass is 10.1. The molecule has 3 aromatic rings. The Kier molecular flexibility index (Phi) is 3.62. The fourth-order valence-corrected chi connectivity index (χ4v) is 2.40. The number of aryl methyl sites for hydroxylation is 1. The van der Waals surface area contributed by atoms with E-state index in [4.69, 9.17) is 9.15 Å². The lowest BCUT2D eigenvalue weighted by molar-refractivity contribution is 0.0696. The van der Waals surface area contributed by atoms with Crippen LogP contribution in [0.15, 0.2) is 51.7 Å². The molecule has 23 heavy (non-hydrogen) atoms. The van der Waals surface area contributed by atoms with Gasteiger partial charge in [0.1, 0.15) is 17.1 Å². The van der Waals surface area contributed by atoms with Gasteiger partial charge in [0.15, 0.2) is 5.43 Å². The summed E-state index contributed by atoms with van der Waals surface area (Å²) in [5.74, 6) is -0.400. The van der Waals surface area contributed by atoms with Gasteiger partial charge in [-0.3, -0.25) is 4.79 Å². The molecule has 0 bridgehead atoms. The summed E-state index contributed by atoms with van der Waals surface area (Å²) in [7, 11) is 1.45. The van der Waals surface area contributed by atoms with Gasteiger partial charge in [0.2, 0.25) is 0 Å². The number of methoxy groups -OCH3 is 1. The van der Waals surface area contributed by atoms with E-state index in [2.05, 4.69) is 0 Å². The van der Waals surface area contributed by atoms with Crippen LogP contribution in [0.2, 0.25) is 0 Å². The van der Waals surface area contributed by atoms with Crippen molar-refractivity contribution < 1.29 is 19.1 Å². The van der Waals surface area contributed by atoms with E-state index in [1.165, 1.54) is 25.3 Å². The third-order valence-corrected chi connectivity index (χ3v) is 3.56. The molecule has 0 spiro atoms. The van der Waals surface area contributed by atoms with Crippen molar-refractivity contribution in [1.82, 2.24) is 0 Å². The van der Waals surface area contributed by atoms with E-state index < -0.39 is 5.97 Å². The van der Waals surface area contributed by atoms with Gasteiger partial charge in [-0.25, -0.2) is 4.79 Å². The molecule has 5 heteroatoms. The van der Waals surface area contributed by atoms with E-state index in [0.717, 1.165) is 5.56 Å². The summed E-state index contributed by atoms with van der Waals surface area (Å²) in [4.78, 5) is 23.5. The van der Waals surface area contributed by atoms with Crippen molar-refractivity contribution in [2.45, 2.75) is 6.92 Å². The monoisotopic (exact) mass is 310 g/mol. The lowest BCUT2D eigenvalue weighted by Crippen LogP contribution is -2.02. The minimum Gasteiger partial charge on any atom is -0.497 e. The van der Waals surface area contributed by atoms with Crippen molar-refractivity contribution >= 4 is 16.9 Å². The molecule has 1 aromatic heterocycles. The molecule has 0 amide bonds. The Bertz CT molecular complexity index is 969. The number of benzene rings is 2. The molecule has 0 saturated carbocycles. The molecule has 2 aromatic carbocycles. The number of hydrogen-bond acceptors (Lipinski definition) is 4. The Labute approximate surface area is 131 Å². The van der Waals surface area contributed by atoms with E-state index in [1.54, 1.807) is 18.2 Å². The van der Waals surface area contributed by atoms with E-state index in [1.807, 2.05) is 13.0 Å². The van der Waals surface area contributed by atoms with Crippen LogP contribution < -0.4 is 10.2 Å². The molecule has 1 N–H and O–H groups in total. The predicted molar refractivity (Wildman–Crippen MR) is 86.2 cm³/mol. The lowest BCUT2D eigenvalue weighted by Gasteiger charge is -2.07. The van der Waals surface area contributed by atoms with Crippen LogP contribution in [-0.4, -0.2) is 18.2 Å². The van der Waals surface area contributed by atoms with Crippen molar-refractivity contribution in [3.8, 4) is 17.1 Å². The summed E-state index contributed by atoms with van der Waals surface area (Å²) < 4.78 is 10.9. The maximum absolute atomic E-state index is 12.3. The minimum absolute atomic E-state index is 0.0611. The van der Waals surface area contributed by atoms with Crippen LogP contribution in [0.5, 0.6) is 5.75 Å². The molecule has 3 rings (SSSR count). The molecule has 0 unspecified atom stereocenters. The number of hydrogen-bond donors (Lipinski definition) is 1. The molecule has 0 atom stereocenters. The number of carboxylic acid groups (broad SMARTS) is 1. The van der Waals surface area contributed by atoms with Crippen LogP contribution >= 0.6 is 0 Å². The summed E-state index contributed by atoms with van der Waals surface area (Å²) in [5.41, 5.74) is 1.78. The molecular weight excluding hydrogens is 296 g/mol. The van der Waals surface area contributed by atoms with E-state index in [-0.39, 0.29) is 11.0 Å². The Hall–Kier alpha value is -3.08. The smallest absolute Gasteiger partial charge is 0.335 e. The van der Waals surface area contributed by atoms with Gasteiger partial charge in [-0.15, -0.1) is 0 Å². The maximum Gasteiger partial charge on any atom is 0.335 e. The van der Waals surface area contributed by atoms with Gasteiger partial charge in [0, 0.05) is 11.6 Å². The molecular formula is C18H14O5. The SMILES string of the molecule is COc1cc(C(=O)O)cc(-c2cc(=O)c3cc(C)ccc3o2)c1. The van der Waals surface area contributed by atoms with Crippen LogP contribution in [-0.2, 0) is 0 Å². The quantitative estimate of drug-likeness (QED) is 0.801. The highest BCUT2D eigenvalue weighted by Gasteiger charge is 2.12. The van der Waals surface area contributed by atoms with Gasteiger partial charge in [-0.2, -0.15) is 0 Å². The summed E-state index contributed by atoms with van der Waals surface area (Å²) in [6, 6.07) is 11.2. The average Bonchev–Trinajstić information content (AvgIpc) is 2.54. The van der Waals surface area contributed by atoms with Crippen LogP contribution in [0.4, 0.5) is 0 Å². The fourth-order valence-electron chi connectivity index (χ4n) is 2.40. The van der Waals surface area contributed by atoms with E-state index in [0.29, 0.717) is 28.0 Å². The summed E-state index contributed by atoms with van der Waals surface area (Å²) >= 11 is 0. The van der Waals surface area contributed by atoms with Crippen LogP contribution in [0.3, 0.4) is 0 Å². The molecule has 1 heterocycles. The first-order valence-corrected chi connectivity index (χ1v) is 6.95. The highest BCUT2D eigenvalue weighted by atomic mass is 16.5. The third kappa shape index (κ3) is 2.81. The van der Waals surface area contributed by atoms with E-state index >= 15 is 0 Å². The minimum atomic E-state index is -1.08. The van der Waals surface area contributed by atoms with Gasteiger partial charge in [0.05, 0.1) is 18.1 Å². The maximum atomic E-state index is 12.3. The number of fused-ring (bicyclic) bond motifs is 1. The Balaban J connectivity index is 2.24. The zero-order valence-electron chi connectivity index (χ0n) is 12.6. The molecule has 0 aliphatic carbocycles. The number of aromatic carboxylic acids is 1. The first kappa shape index (κ1) is 14.8. The first-order chi connectivity index (χ1) is 11.0. The highest BCUT2D eigenvalue weighted by Crippen LogP contribution is 2.27. The van der Waals surface area contributed by atoms with Crippen molar-refractivity contribution in [2.75, 3.05) is 7.11 Å². The average molecular weight is 310 g/mol. The highest BCUT2D eigenvalue weighted by molar-refractivity contribution is 5.90. The van der Waals surface area contributed by atoms with Crippen LogP contribution in [0.25, 0.3) is 22.3 Å². The predicted octanol–water partition coefficient (Wildman–Crippen LogP) is 3.48. The second-order valence-electron chi connectivity index (χ2n) is 5.23. The van der Waals surface area contributed by atoms with Crippen molar-refractivity contribution in [1.29, 1.82) is 0 Å². The van der Waals surface area contributed by atoms with Gasteiger partial charge >= 0.3 is 5.97 Å². The molecule has 0 aliphatic heterocycles. The molecule has 0 aliphatic rings. The second-order valence-corrected chi connectivity index (χ2v) is 5.23. The molecule has 116 valence electrons. The number of carbonyl (C=O) groups is 1. The zero-order chi connectivity index (χ0) is 16.6. The summed E-state index contributed by atoms with van der Waals surface area (Å²) in [5, 5.41) is 9.68. The standard InChI is InChI=1S/C18H14O5/c1-10-3-4-16-14(5-10)15(19)9-17(23-16)11-6-12(18(20)21)8-13(7-11)22-2/h3-9H,1-2H3,(H,20,21). The van der Waals surface area contributed by atoms with Crippen molar-refractivity contribution in [3.05, 3.63) is 63.8 Å². The zero-order valence-corrected chi connectivity index (χ0v) is 12.6. The number of ether oxygens (including phenoxy) is 1. The molecule has 0 saturated heterocycles. The van der Waals surface area contributed by atoms with Gasteiger partial charge in [-0.1, -0.05) is 11.6 Å². The largest absolute Gasteiger partial charge is 0.497 e. The Morgan fingerprint density at radius 3 is 2.61 bits per heavy atom. The molecule has 5 nitrogen and oxygen atoms in total. The fraction of sp³-hybridized carbons (Fsp3) is 0.111. The molecule has 0 radical (unpaired) electrons. The van der Waals surface area contributed by atoms with Gasteiger partial charge < -0.3 is 14.3 Å². The normalized spacial score (nSPS) is 10.7. The van der Waals surface area contributed by atoms with Gasteiger partial charge in [0.25, 0.3) is 0 Å². The van der Waals surface area contributed by atoms with Crippen LogP contribution in [0.1, 0.15) is 15.9 Å². The Morgan fingerprint density at radius 2 is 1.91 bits per heavy atom. The molecule has 0 fully saturated rings.